The number of rotatable bonds is 11. The second-order valence-electron chi connectivity index (χ2n) is 7.15. The number of anilines is 1. The molecular formula is C21H32N2O3. The zero-order valence-corrected chi connectivity index (χ0v) is 16.7. The predicted octanol–water partition coefficient (Wildman–Crippen LogP) is 4.91. The third-order valence-corrected chi connectivity index (χ3v) is 4.03. The minimum atomic E-state index is -0.923. The van der Waals surface area contributed by atoms with E-state index in [-0.39, 0.29) is 5.91 Å². The van der Waals surface area contributed by atoms with Crippen molar-refractivity contribution in [3.05, 3.63) is 23.8 Å². The Labute approximate surface area is 157 Å². The fourth-order valence-corrected chi connectivity index (χ4v) is 2.73. The molecule has 0 aliphatic rings. The first-order chi connectivity index (χ1) is 12.4. The Morgan fingerprint density at radius 2 is 2.00 bits per heavy atom. The van der Waals surface area contributed by atoms with Crippen LogP contribution in [0.4, 0.5) is 5.69 Å². The molecule has 0 unspecified atom stereocenters. The van der Waals surface area contributed by atoms with Gasteiger partial charge in [0.2, 0.25) is 0 Å². The maximum Gasteiger partial charge on any atom is 0.256 e. The van der Waals surface area contributed by atoms with Crippen LogP contribution in [-0.4, -0.2) is 24.7 Å². The molecule has 0 aliphatic carbocycles. The molecule has 1 N–H and O–H groups in total. The molecule has 0 saturated carbocycles. The highest BCUT2D eigenvalue weighted by molar-refractivity contribution is 5.98. The first kappa shape index (κ1) is 22.0. The van der Waals surface area contributed by atoms with Crippen molar-refractivity contribution >= 4 is 11.6 Å². The number of unbranched alkanes of at least 4 members (excludes halogenated alkanes) is 1. The van der Waals surface area contributed by atoms with Crippen molar-refractivity contribution in [2.45, 2.75) is 65.9 Å². The number of ether oxygens (including phenoxy) is 2. The van der Waals surface area contributed by atoms with Crippen LogP contribution < -0.4 is 10.1 Å². The lowest BCUT2D eigenvalue weighted by Gasteiger charge is -2.30. The van der Waals surface area contributed by atoms with Gasteiger partial charge in [0.05, 0.1) is 17.9 Å². The third kappa shape index (κ3) is 6.68. The number of nitrogens with zero attached hydrogens (tertiary/aromatic N) is 1. The number of hydrogen-bond donors (Lipinski definition) is 1. The van der Waals surface area contributed by atoms with Gasteiger partial charge in [-0.25, -0.2) is 0 Å². The predicted molar refractivity (Wildman–Crippen MR) is 104 cm³/mol. The molecule has 1 aromatic rings. The smallest absolute Gasteiger partial charge is 0.256 e. The Bertz CT molecular complexity index is 622. The van der Waals surface area contributed by atoms with E-state index in [0.29, 0.717) is 42.6 Å². The quantitative estimate of drug-likeness (QED) is 0.569. The molecule has 0 aliphatic heterocycles. The zero-order valence-electron chi connectivity index (χ0n) is 16.7. The van der Waals surface area contributed by atoms with Gasteiger partial charge in [0.15, 0.2) is 0 Å². The summed E-state index contributed by atoms with van der Waals surface area (Å²) in [4.78, 5) is 12.9. The van der Waals surface area contributed by atoms with E-state index >= 15 is 0 Å². The van der Waals surface area contributed by atoms with Gasteiger partial charge in [-0.2, -0.15) is 5.26 Å². The van der Waals surface area contributed by atoms with Gasteiger partial charge in [-0.15, -0.1) is 0 Å². The molecule has 0 bridgehead atoms. The molecular weight excluding hydrogens is 328 g/mol. The second kappa shape index (κ2) is 10.8. The normalized spacial score (nSPS) is 13.1. The molecule has 144 valence electrons. The van der Waals surface area contributed by atoms with E-state index < -0.39 is 5.60 Å². The lowest BCUT2D eigenvalue weighted by molar-refractivity contribution is -0.141. The summed E-state index contributed by atoms with van der Waals surface area (Å²) in [5, 5.41) is 12.3. The van der Waals surface area contributed by atoms with Crippen LogP contribution >= 0.6 is 0 Å². The molecule has 0 heterocycles. The standard InChI is InChI=1S/C21H32N2O3/c1-6-8-12-25-18-9-10-19(17(13-18)15-22)23-20(24)21(5,14-16(3)4)26-11-7-2/h9-10,13,16H,6-8,11-12,14H2,1-5H3,(H,23,24)/t21-/m0/s1. The van der Waals surface area contributed by atoms with Gasteiger partial charge in [-0.3, -0.25) is 4.79 Å². The van der Waals surface area contributed by atoms with E-state index in [1.807, 2.05) is 13.8 Å². The van der Waals surface area contributed by atoms with Gasteiger partial charge < -0.3 is 14.8 Å². The number of benzene rings is 1. The molecule has 0 radical (unpaired) electrons. The van der Waals surface area contributed by atoms with Crippen molar-refractivity contribution in [3.8, 4) is 11.8 Å². The molecule has 1 aromatic carbocycles. The molecule has 1 amide bonds. The summed E-state index contributed by atoms with van der Waals surface area (Å²) < 4.78 is 11.5. The van der Waals surface area contributed by atoms with E-state index in [1.54, 1.807) is 18.2 Å². The SMILES string of the molecule is CCCCOc1ccc(NC(=O)[C@](C)(CC(C)C)OCCC)c(C#N)c1. The number of hydrogen-bond acceptors (Lipinski definition) is 4. The van der Waals surface area contributed by atoms with Crippen LogP contribution in [0.3, 0.4) is 0 Å². The zero-order chi connectivity index (χ0) is 19.6. The maximum absolute atomic E-state index is 12.9. The van der Waals surface area contributed by atoms with Crippen molar-refractivity contribution < 1.29 is 14.3 Å². The first-order valence-corrected chi connectivity index (χ1v) is 9.48. The van der Waals surface area contributed by atoms with Crippen LogP contribution in [0.25, 0.3) is 0 Å². The van der Waals surface area contributed by atoms with Gasteiger partial charge in [0.1, 0.15) is 17.4 Å². The van der Waals surface area contributed by atoms with Crippen LogP contribution in [0, 0.1) is 17.2 Å². The van der Waals surface area contributed by atoms with Crippen LogP contribution in [0.15, 0.2) is 18.2 Å². The summed E-state index contributed by atoms with van der Waals surface area (Å²) in [7, 11) is 0. The summed E-state index contributed by atoms with van der Waals surface area (Å²) in [6, 6.07) is 7.29. The average Bonchev–Trinajstić information content (AvgIpc) is 2.60. The Kier molecular flexibility index (Phi) is 9.15. The highest BCUT2D eigenvalue weighted by Crippen LogP contribution is 2.26. The molecule has 1 atom stereocenters. The first-order valence-electron chi connectivity index (χ1n) is 9.48. The minimum absolute atomic E-state index is 0.226. The highest BCUT2D eigenvalue weighted by atomic mass is 16.5. The molecule has 0 spiro atoms. The van der Waals surface area contributed by atoms with E-state index in [4.69, 9.17) is 9.47 Å². The van der Waals surface area contributed by atoms with Crippen LogP contribution in [0.5, 0.6) is 5.75 Å². The fraction of sp³-hybridized carbons (Fsp3) is 0.619. The summed E-state index contributed by atoms with van der Waals surface area (Å²) in [5.41, 5.74) is -0.0575. The second-order valence-corrected chi connectivity index (χ2v) is 7.15. The van der Waals surface area contributed by atoms with Gasteiger partial charge in [-0.1, -0.05) is 34.1 Å². The summed E-state index contributed by atoms with van der Waals surface area (Å²) in [6.07, 6.45) is 3.46. The van der Waals surface area contributed by atoms with E-state index in [9.17, 15) is 10.1 Å². The number of carbonyl (C=O) groups excluding carboxylic acids is 1. The van der Waals surface area contributed by atoms with Crippen molar-refractivity contribution in [1.29, 1.82) is 5.26 Å². The largest absolute Gasteiger partial charge is 0.494 e. The van der Waals surface area contributed by atoms with Gasteiger partial charge in [-0.05, 0) is 50.3 Å². The Hall–Kier alpha value is -2.06. The molecule has 26 heavy (non-hydrogen) atoms. The number of nitriles is 1. The lowest BCUT2D eigenvalue weighted by Crippen LogP contribution is -2.44. The monoisotopic (exact) mass is 360 g/mol. The molecule has 0 saturated heterocycles. The summed E-state index contributed by atoms with van der Waals surface area (Å²) in [5.74, 6) is 0.725. The van der Waals surface area contributed by atoms with Crippen molar-refractivity contribution in [2.24, 2.45) is 5.92 Å². The summed E-state index contributed by atoms with van der Waals surface area (Å²) in [6.45, 7) is 11.2. The maximum atomic E-state index is 12.9. The van der Waals surface area contributed by atoms with Crippen molar-refractivity contribution in [3.63, 3.8) is 0 Å². The molecule has 1 rings (SSSR count). The van der Waals surface area contributed by atoms with Crippen LogP contribution in [-0.2, 0) is 9.53 Å². The molecule has 5 heteroatoms. The molecule has 0 fully saturated rings. The Morgan fingerprint density at radius 3 is 2.58 bits per heavy atom. The van der Waals surface area contributed by atoms with Gasteiger partial charge in [0, 0.05) is 6.61 Å². The fourth-order valence-electron chi connectivity index (χ4n) is 2.73. The van der Waals surface area contributed by atoms with Crippen LogP contribution in [0.2, 0.25) is 0 Å². The van der Waals surface area contributed by atoms with E-state index in [2.05, 4.69) is 32.2 Å². The van der Waals surface area contributed by atoms with E-state index in [0.717, 1.165) is 19.3 Å². The average molecular weight is 360 g/mol. The molecule has 5 nitrogen and oxygen atoms in total. The number of carbonyl (C=O) groups is 1. The number of nitrogens with one attached hydrogen (secondary N) is 1. The number of amides is 1. The summed E-state index contributed by atoms with van der Waals surface area (Å²) >= 11 is 0. The minimum Gasteiger partial charge on any atom is -0.494 e. The van der Waals surface area contributed by atoms with Gasteiger partial charge in [0.25, 0.3) is 5.91 Å². The van der Waals surface area contributed by atoms with Crippen LogP contribution in [0.1, 0.15) is 65.9 Å². The van der Waals surface area contributed by atoms with Gasteiger partial charge >= 0.3 is 0 Å². The third-order valence-electron chi connectivity index (χ3n) is 4.03. The van der Waals surface area contributed by atoms with Crippen molar-refractivity contribution in [2.75, 3.05) is 18.5 Å². The Morgan fingerprint density at radius 1 is 1.27 bits per heavy atom. The lowest BCUT2D eigenvalue weighted by atomic mass is 9.92. The highest BCUT2D eigenvalue weighted by Gasteiger charge is 2.35. The van der Waals surface area contributed by atoms with Crippen molar-refractivity contribution in [1.82, 2.24) is 0 Å². The van der Waals surface area contributed by atoms with E-state index in [1.165, 1.54) is 0 Å². The Balaban J connectivity index is 2.93. The topological polar surface area (TPSA) is 71.3 Å². The molecule has 0 aromatic heterocycles.